The van der Waals surface area contributed by atoms with Gasteiger partial charge in [0.25, 0.3) is 0 Å². The minimum absolute atomic E-state index is 0.186. The third-order valence-electron chi connectivity index (χ3n) is 5.71. The average molecular weight is 489 g/mol. The molecule has 0 aromatic carbocycles. The van der Waals surface area contributed by atoms with E-state index in [9.17, 15) is 4.79 Å². The number of likely N-dealkylation sites (N-methyl/N-ethyl adjacent to an activating group) is 1. The van der Waals surface area contributed by atoms with E-state index in [0.29, 0.717) is 32.9 Å². The van der Waals surface area contributed by atoms with Gasteiger partial charge in [-0.15, -0.1) is 0 Å². The van der Waals surface area contributed by atoms with Crippen molar-refractivity contribution in [2.45, 2.75) is 44.9 Å². The van der Waals surface area contributed by atoms with Crippen molar-refractivity contribution in [1.29, 1.82) is 0 Å². The highest BCUT2D eigenvalue weighted by molar-refractivity contribution is 5.71. The first-order chi connectivity index (χ1) is 16.5. The van der Waals surface area contributed by atoms with Crippen LogP contribution in [0, 0.1) is 0 Å². The van der Waals surface area contributed by atoms with Gasteiger partial charge in [0, 0.05) is 13.1 Å². The van der Waals surface area contributed by atoms with Crippen LogP contribution in [0.25, 0.3) is 0 Å². The summed E-state index contributed by atoms with van der Waals surface area (Å²) >= 11 is 0. The first-order valence-corrected chi connectivity index (χ1v) is 13.2. The largest absolute Gasteiger partial charge is 0.449 e. The third kappa shape index (κ3) is 20.5. The Labute approximate surface area is 209 Å². The molecule has 0 aromatic heterocycles. The first kappa shape index (κ1) is 33.1. The highest BCUT2D eigenvalue weighted by Gasteiger charge is 2.12. The van der Waals surface area contributed by atoms with Gasteiger partial charge >= 0.3 is 5.97 Å². The summed E-state index contributed by atoms with van der Waals surface area (Å²) in [5.74, 6) is -0.186. The lowest BCUT2D eigenvalue weighted by molar-refractivity contribution is -0.149. The minimum atomic E-state index is -0.186. The highest BCUT2D eigenvalue weighted by Crippen LogP contribution is 2.03. The Balaban J connectivity index is 4.71. The van der Waals surface area contributed by atoms with E-state index in [1.807, 2.05) is 19.0 Å². The molecule has 0 aliphatic carbocycles. The molecule has 0 rings (SSSR count). The monoisotopic (exact) mass is 488 g/mol. The van der Waals surface area contributed by atoms with Crippen LogP contribution >= 0.6 is 0 Å². The Bertz CT molecular complexity index is 449. The van der Waals surface area contributed by atoms with Crippen LogP contribution in [0.5, 0.6) is 0 Å². The number of carbonyl (C=O) groups excluding carboxylic acids is 1. The molecule has 10 heteroatoms. The van der Waals surface area contributed by atoms with Gasteiger partial charge in [-0.2, -0.15) is 0 Å². The second-order valence-electron chi connectivity index (χ2n) is 9.31. The molecule has 0 atom stereocenters. The number of nitrogens with two attached hydrogens (primary N) is 4. The summed E-state index contributed by atoms with van der Waals surface area (Å²) in [5.41, 5.74) is 22.8. The van der Waals surface area contributed by atoms with Gasteiger partial charge in [-0.1, -0.05) is 0 Å². The maximum atomic E-state index is 12.1. The molecule has 0 fully saturated rings. The molecule has 204 valence electrons. The number of rotatable bonds is 25. The fourth-order valence-corrected chi connectivity index (χ4v) is 3.84. The third-order valence-corrected chi connectivity index (χ3v) is 5.71. The van der Waals surface area contributed by atoms with Crippen molar-refractivity contribution in [3.8, 4) is 0 Å². The fourth-order valence-electron chi connectivity index (χ4n) is 3.84. The van der Waals surface area contributed by atoms with Gasteiger partial charge in [0.2, 0.25) is 0 Å². The number of carbonyl (C=O) groups is 1. The molecule has 0 aromatic rings. The van der Waals surface area contributed by atoms with Crippen molar-refractivity contribution in [3.05, 3.63) is 0 Å². The van der Waals surface area contributed by atoms with Crippen molar-refractivity contribution in [1.82, 2.24) is 19.6 Å². The highest BCUT2D eigenvalue weighted by atomic mass is 16.5. The number of esters is 1. The maximum absolute atomic E-state index is 12.1. The van der Waals surface area contributed by atoms with E-state index in [0.717, 1.165) is 104 Å². The van der Waals surface area contributed by atoms with Crippen LogP contribution < -0.4 is 22.9 Å². The molecule has 8 N–H and O–H groups in total. The quantitative estimate of drug-likeness (QED) is 0.0755. The molecular weight excluding hydrogens is 432 g/mol. The molecular formula is C24H56N8O2. The lowest BCUT2D eigenvalue weighted by Crippen LogP contribution is -2.37. The Morgan fingerprint density at radius 1 is 0.559 bits per heavy atom. The lowest BCUT2D eigenvalue weighted by atomic mass is 10.2. The van der Waals surface area contributed by atoms with Crippen LogP contribution in [-0.2, 0) is 9.53 Å². The summed E-state index contributed by atoms with van der Waals surface area (Å²) in [6.45, 7) is 11.4. The SMILES string of the molecule is CN(C)CC(=O)OCN(CCCN(CCCN)CCCN)CCCN(CCCN)CCCCN. The summed E-state index contributed by atoms with van der Waals surface area (Å²) in [7, 11) is 3.74. The van der Waals surface area contributed by atoms with E-state index in [2.05, 4.69) is 14.7 Å². The van der Waals surface area contributed by atoms with E-state index in [1.54, 1.807) is 0 Å². The Kier molecular flexibility index (Phi) is 23.3. The minimum Gasteiger partial charge on any atom is -0.449 e. The summed E-state index contributed by atoms with van der Waals surface area (Å²) in [6.07, 6.45) is 7.23. The first-order valence-electron chi connectivity index (χ1n) is 13.2. The lowest BCUT2D eigenvalue weighted by Gasteiger charge is -2.27. The molecule has 0 unspecified atom stereocenters. The second kappa shape index (κ2) is 23.9. The van der Waals surface area contributed by atoms with E-state index >= 15 is 0 Å². The van der Waals surface area contributed by atoms with E-state index in [4.69, 9.17) is 27.7 Å². The summed E-state index contributed by atoms with van der Waals surface area (Å²) in [5, 5.41) is 0. The average Bonchev–Trinajstić information content (AvgIpc) is 2.81. The van der Waals surface area contributed by atoms with Gasteiger partial charge in [-0.05, 0) is 124 Å². The normalized spacial score (nSPS) is 11.9. The van der Waals surface area contributed by atoms with Crippen LogP contribution in [0.4, 0.5) is 0 Å². The van der Waals surface area contributed by atoms with Crippen molar-refractivity contribution in [3.63, 3.8) is 0 Å². The van der Waals surface area contributed by atoms with Crippen LogP contribution in [-0.4, -0.2) is 131 Å². The molecule has 0 saturated heterocycles. The zero-order valence-electron chi connectivity index (χ0n) is 22.3. The predicted molar refractivity (Wildman–Crippen MR) is 143 cm³/mol. The van der Waals surface area contributed by atoms with Gasteiger partial charge in [0.1, 0.15) is 6.73 Å². The van der Waals surface area contributed by atoms with Crippen LogP contribution in [0.3, 0.4) is 0 Å². The van der Waals surface area contributed by atoms with E-state index in [-0.39, 0.29) is 5.97 Å². The summed E-state index contributed by atoms with van der Waals surface area (Å²) in [6, 6.07) is 0. The van der Waals surface area contributed by atoms with Gasteiger partial charge in [-0.3, -0.25) is 14.6 Å². The summed E-state index contributed by atoms with van der Waals surface area (Å²) < 4.78 is 5.56. The maximum Gasteiger partial charge on any atom is 0.321 e. The smallest absolute Gasteiger partial charge is 0.321 e. The fraction of sp³-hybridized carbons (Fsp3) is 0.958. The Morgan fingerprint density at radius 3 is 1.35 bits per heavy atom. The Hall–Kier alpha value is -0.850. The zero-order chi connectivity index (χ0) is 25.4. The number of ether oxygens (including phenoxy) is 1. The number of unbranched alkanes of at least 4 members (excludes halogenated alkanes) is 1. The van der Waals surface area contributed by atoms with Crippen LogP contribution in [0.2, 0.25) is 0 Å². The molecule has 34 heavy (non-hydrogen) atoms. The van der Waals surface area contributed by atoms with Gasteiger partial charge < -0.3 is 37.5 Å². The van der Waals surface area contributed by atoms with E-state index < -0.39 is 0 Å². The molecule has 0 aliphatic heterocycles. The van der Waals surface area contributed by atoms with Crippen molar-refractivity contribution < 1.29 is 9.53 Å². The molecule has 0 bridgehead atoms. The molecule has 10 nitrogen and oxygen atoms in total. The van der Waals surface area contributed by atoms with E-state index in [1.165, 1.54) is 0 Å². The summed E-state index contributed by atoms with van der Waals surface area (Å²) in [4.78, 5) is 21.1. The second-order valence-corrected chi connectivity index (χ2v) is 9.31. The standard InChI is InChI=1S/C24H56N8O2/c1-29(2)22-24(33)34-23-32(21-9-19-31(16-6-12-27)17-7-13-28)20-8-18-30(15-5-11-26)14-4-3-10-25/h3-23,25-28H2,1-2H3. The molecule has 0 spiro atoms. The van der Waals surface area contributed by atoms with Crippen molar-refractivity contribution in [2.24, 2.45) is 22.9 Å². The number of nitrogens with zero attached hydrogens (tertiary/aromatic N) is 4. The topological polar surface area (TPSA) is 143 Å². The number of hydrogen-bond donors (Lipinski definition) is 4. The molecule has 0 saturated carbocycles. The van der Waals surface area contributed by atoms with Crippen molar-refractivity contribution >= 4 is 5.97 Å². The van der Waals surface area contributed by atoms with Crippen LogP contribution in [0.15, 0.2) is 0 Å². The molecule has 0 heterocycles. The number of hydrogen-bond acceptors (Lipinski definition) is 10. The zero-order valence-corrected chi connectivity index (χ0v) is 22.3. The van der Waals surface area contributed by atoms with Gasteiger partial charge in [-0.25, -0.2) is 0 Å². The van der Waals surface area contributed by atoms with Crippen LogP contribution in [0.1, 0.15) is 44.9 Å². The van der Waals surface area contributed by atoms with Gasteiger partial charge in [0.15, 0.2) is 0 Å². The molecule has 0 aliphatic rings. The van der Waals surface area contributed by atoms with Crippen molar-refractivity contribution in [2.75, 3.05) is 106 Å². The Morgan fingerprint density at radius 2 is 0.941 bits per heavy atom. The predicted octanol–water partition coefficient (Wildman–Crippen LogP) is -0.480. The molecule has 0 amide bonds. The molecule has 0 radical (unpaired) electrons. The van der Waals surface area contributed by atoms with Gasteiger partial charge in [0.05, 0.1) is 6.54 Å².